The molecule has 9 fully saturated rings. The van der Waals surface area contributed by atoms with Gasteiger partial charge in [-0.2, -0.15) is 0 Å². The Morgan fingerprint density at radius 3 is 1.02 bits per heavy atom. The molecule has 9 aliphatic rings. The van der Waals surface area contributed by atoms with Gasteiger partial charge in [0.25, 0.3) is 0 Å². The van der Waals surface area contributed by atoms with Gasteiger partial charge >= 0.3 is 0 Å². The van der Waals surface area contributed by atoms with Gasteiger partial charge in [-0.3, -0.25) is 47.3 Å². The number of rotatable bonds is 18. The first-order valence-electron chi connectivity index (χ1n) is 27.5. The van der Waals surface area contributed by atoms with E-state index in [4.69, 9.17) is 0 Å². The van der Waals surface area contributed by atoms with E-state index in [0.29, 0.717) is 84.1 Å². The number of hydrogen-bond donors (Lipinski definition) is 9. The van der Waals surface area contributed by atoms with E-state index in [1.165, 1.54) is 180 Å². The van der Waals surface area contributed by atoms with Crippen LogP contribution < -0.4 is 47.9 Å². The van der Waals surface area contributed by atoms with E-state index >= 15 is 0 Å². The summed E-state index contributed by atoms with van der Waals surface area (Å²) in [5.74, 6) is 5.10. The Bertz CT molecular complexity index is 1340. The van der Waals surface area contributed by atoms with Crippen molar-refractivity contribution in [2.24, 2.45) is 53.3 Å². The smallest absolute Gasteiger partial charge is 0.223 e. The van der Waals surface area contributed by atoms with Crippen molar-refractivity contribution in [3.63, 3.8) is 0 Å². The second kappa shape index (κ2) is 24.1. The van der Waals surface area contributed by atoms with E-state index in [1.54, 1.807) is 0 Å². The van der Waals surface area contributed by atoms with E-state index in [0.717, 1.165) is 25.8 Å². The largest absolute Gasteiger partial charge is 0.356 e. The Labute approximate surface area is 389 Å². The summed E-state index contributed by atoms with van der Waals surface area (Å²) in [6, 6.07) is 0. The van der Waals surface area contributed by atoms with Crippen molar-refractivity contribution in [3.05, 3.63) is 0 Å². The Morgan fingerprint density at radius 1 is 0.371 bits per heavy atom. The molecule has 10 nitrogen and oxygen atoms in total. The second-order valence-corrected chi connectivity index (χ2v) is 22.4. The molecule has 0 aromatic carbocycles. The van der Waals surface area contributed by atoms with E-state index in [9.17, 15) is 4.79 Å². The monoisotopic (exact) mass is 911 g/mol. The standard InChI is InChI=1S/C51H93N9O.Cu/c1-2-3-4-5-6-7-8-9-10-11-12-13-14-15-16-23-33-52-51(61)41-32-24-31-40-42(41)50-59-48-39-30-22-21-29-38(39)46(57-48)55-44-35-26-18-17-25-34(35)43(53-44)54-45-36-27-19-20-28-37(36)47(56-45)58-49(40)60-50;/h34-50,53-60H,2-33H2,1H3,(H,52,61);. The molecule has 1 amide bonds. The third-order valence-corrected chi connectivity index (χ3v) is 18.6. The van der Waals surface area contributed by atoms with Crippen LogP contribution in [-0.4, -0.2) is 61.8 Å². The van der Waals surface area contributed by atoms with Gasteiger partial charge in [0, 0.05) is 35.4 Å². The molecule has 0 aromatic heterocycles. The van der Waals surface area contributed by atoms with Crippen LogP contribution in [0.4, 0.5) is 0 Å². The van der Waals surface area contributed by atoms with E-state index in [1.807, 2.05) is 0 Å². The molecular formula is C51H93CuN9O. The molecular weight excluding hydrogens is 818 g/mol. The average Bonchev–Trinajstić information content (AvgIpc) is 4.03. The fraction of sp³-hybridized carbons (Fsp3) is 0.980. The molecule has 5 aliphatic heterocycles. The first-order valence-corrected chi connectivity index (χ1v) is 27.5. The maximum Gasteiger partial charge on any atom is 0.223 e. The van der Waals surface area contributed by atoms with Crippen LogP contribution in [0.1, 0.15) is 206 Å². The zero-order chi connectivity index (χ0) is 41.4. The minimum Gasteiger partial charge on any atom is -0.356 e. The van der Waals surface area contributed by atoms with E-state index in [-0.39, 0.29) is 41.5 Å². The van der Waals surface area contributed by atoms with Crippen LogP contribution in [0.5, 0.6) is 0 Å². The van der Waals surface area contributed by atoms with Crippen molar-refractivity contribution in [2.45, 2.75) is 255 Å². The molecule has 1 radical (unpaired) electrons. The Morgan fingerprint density at radius 2 is 0.661 bits per heavy atom. The molecule has 359 valence electrons. The normalized spacial score (nSPS) is 42.3. The van der Waals surface area contributed by atoms with E-state index < -0.39 is 0 Å². The van der Waals surface area contributed by atoms with Gasteiger partial charge in [0.2, 0.25) is 5.91 Å². The maximum absolute atomic E-state index is 14.3. The summed E-state index contributed by atoms with van der Waals surface area (Å²) < 4.78 is 0. The number of nitrogens with one attached hydrogen (secondary N) is 9. The van der Waals surface area contributed by atoms with Crippen LogP contribution >= 0.6 is 0 Å². The molecule has 0 aromatic rings. The fourth-order valence-corrected chi connectivity index (χ4v) is 15.4. The molecule has 8 bridgehead atoms. The van der Waals surface area contributed by atoms with Gasteiger partial charge in [-0.15, -0.1) is 0 Å². The fourth-order valence-electron chi connectivity index (χ4n) is 15.4. The van der Waals surface area contributed by atoms with Gasteiger partial charge in [0.05, 0.1) is 49.3 Å². The van der Waals surface area contributed by atoms with Crippen molar-refractivity contribution >= 4 is 5.91 Å². The van der Waals surface area contributed by atoms with Crippen LogP contribution in [0, 0.1) is 53.3 Å². The summed E-state index contributed by atoms with van der Waals surface area (Å²) in [5.41, 5.74) is 0. The number of carbonyl (C=O) groups is 1. The molecule has 5 saturated heterocycles. The number of hydrogen-bond acceptors (Lipinski definition) is 9. The van der Waals surface area contributed by atoms with Crippen molar-refractivity contribution in [2.75, 3.05) is 6.54 Å². The maximum atomic E-state index is 14.3. The minimum atomic E-state index is 0. The summed E-state index contributed by atoms with van der Waals surface area (Å²) in [7, 11) is 0. The van der Waals surface area contributed by atoms with Gasteiger partial charge in [0.1, 0.15) is 0 Å². The Kier molecular flexibility index (Phi) is 18.7. The molecule has 4 aliphatic carbocycles. The van der Waals surface area contributed by atoms with Gasteiger partial charge in [-0.25, -0.2) is 0 Å². The van der Waals surface area contributed by atoms with Crippen LogP contribution in [0.3, 0.4) is 0 Å². The third-order valence-electron chi connectivity index (χ3n) is 18.6. The van der Waals surface area contributed by atoms with Crippen LogP contribution in [0.2, 0.25) is 0 Å². The van der Waals surface area contributed by atoms with Crippen molar-refractivity contribution in [1.82, 2.24) is 47.9 Å². The van der Waals surface area contributed by atoms with E-state index in [2.05, 4.69) is 54.8 Å². The first-order chi connectivity index (χ1) is 30.2. The first kappa shape index (κ1) is 48.1. The van der Waals surface area contributed by atoms with Crippen LogP contribution in [0.25, 0.3) is 0 Å². The summed E-state index contributed by atoms with van der Waals surface area (Å²) in [4.78, 5) is 14.3. The molecule has 0 spiro atoms. The molecule has 9 rings (SSSR count). The molecule has 11 heteroatoms. The quantitative estimate of drug-likeness (QED) is 0.0495. The minimum absolute atomic E-state index is 0. The molecule has 17 atom stereocenters. The van der Waals surface area contributed by atoms with Gasteiger partial charge in [-0.1, -0.05) is 148 Å². The van der Waals surface area contributed by atoms with Gasteiger partial charge < -0.3 is 5.32 Å². The Balaban J connectivity index is 0.00000529. The second-order valence-electron chi connectivity index (χ2n) is 22.4. The van der Waals surface area contributed by atoms with Crippen LogP contribution in [0.15, 0.2) is 0 Å². The van der Waals surface area contributed by atoms with Crippen molar-refractivity contribution in [1.29, 1.82) is 0 Å². The third kappa shape index (κ3) is 11.5. The topological polar surface area (TPSA) is 125 Å². The molecule has 9 N–H and O–H groups in total. The van der Waals surface area contributed by atoms with Crippen molar-refractivity contribution in [3.8, 4) is 0 Å². The predicted molar refractivity (Wildman–Crippen MR) is 249 cm³/mol. The predicted octanol–water partition coefficient (Wildman–Crippen LogP) is 8.21. The summed E-state index contributed by atoms with van der Waals surface area (Å²) in [6.07, 6.45) is 43.7. The molecule has 5 heterocycles. The summed E-state index contributed by atoms with van der Waals surface area (Å²) >= 11 is 0. The number of amides is 1. The Hall–Kier alpha value is -0.331. The summed E-state index contributed by atoms with van der Waals surface area (Å²) in [5, 5.41) is 37.5. The molecule has 4 saturated carbocycles. The molecule has 17 unspecified atom stereocenters. The van der Waals surface area contributed by atoms with Gasteiger partial charge in [0.15, 0.2) is 0 Å². The average molecular weight is 912 g/mol. The summed E-state index contributed by atoms with van der Waals surface area (Å²) in [6.45, 7) is 3.14. The van der Waals surface area contributed by atoms with Gasteiger partial charge in [-0.05, 0) is 99.2 Å². The zero-order valence-corrected chi connectivity index (χ0v) is 40.1. The number of fused-ring (bicyclic) bond motifs is 20. The number of unbranched alkanes of at least 4 members (excludes halogenated alkanes) is 15. The zero-order valence-electron chi connectivity index (χ0n) is 39.2. The molecule has 62 heavy (non-hydrogen) atoms. The van der Waals surface area contributed by atoms with Crippen molar-refractivity contribution < 1.29 is 21.9 Å². The van der Waals surface area contributed by atoms with Crippen LogP contribution in [-0.2, 0) is 21.9 Å². The number of carbonyl (C=O) groups excluding carboxylic acids is 1. The SMILES string of the molecule is CCCCCCCCCCCCCCCCCCNC(=O)C1CCCC2C3NC4NC(NC5NC(NC6NC(NC(N3)C12)C1CCCCC61)C1CCCCC51)C1CCCCC41.[Cu].